The molecular weight excluding hydrogens is 365 g/mol. The van der Waals surface area contributed by atoms with Gasteiger partial charge in [0, 0.05) is 19.6 Å². The number of rotatable bonds is 5. The van der Waals surface area contributed by atoms with Crippen LogP contribution in [0.4, 0.5) is 0 Å². The van der Waals surface area contributed by atoms with Gasteiger partial charge in [0.15, 0.2) is 5.96 Å². The minimum Gasteiger partial charge on any atom is -0.492 e. The van der Waals surface area contributed by atoms with Crippen LogP contribution in [0.2, 0.25) is 0 Å². The molecule has 1 N–H and O–H groups in total. The number of hydrogen-bond donors (Lipinski definition) is 1. The van der Waals surface area contributed by atoms with Crippen LogP contribution in [0.5, 0.6) is 5.75 Å². The van der Waals surface area contributed by atoms with Gasteiger partial charge in [0.05, 0.1) is 6.54 Å². The van der Waals surface area contributed by atoms with E-state index in [9.17, 15) is 0 Å². The molecule has 4 nitrogen and oxygen atoms in total. The van der Waals surface area contributed by atoms with Crippen LogP contribution in [-0.4, -0.2) is 43.6 Å². The molecule has 1 saturated heterocycles. The Morgan fingerprint density at radius 1 is 1.25 bits per heavy atom. The Kier molecular flexibility index (Phi) is 8.41. The quantitative estimate of drug-likeness (QED) is 0.364. The molecule has 1 aromatic carbocycles. The van der Waals surface area contributed by atoms with Gasteiger partial charge in [0.1, 0.15) is 12.4 Å². The maximum atomic E-state index is 5.64. The zero-order chi connectivity index (χ0) is 13.3. The van der Waals surface area contributed by atoms with Crippen molar-refractivity contribution >= 4 is 29.9 Å². The smallest absolute Gasteiger partial charge is 0.194 e. The summed E-state index contributed by atoms with van der Waals surface area (Å²) in [4.78, 5) is 6.94. The van der Waals surface area contributed by atoms with E-state index in [1.165, 1.54) is 12.8 Å². The molecule has 0 radical (unpaired) electrons. The monoisotopic (exact) mass is 389 g/mol. The number of nitrogens with one attached hydrogen (secondary N) is 1. The maximum Gasteiger partial charge on any atom is 0.194 e. The maximum absolute atomic E-state index is 5.64. The molecular formula is C15H24IN3O. The molecule has 20 heavy (non-hydrogen) atoms. The van der Waals surface area contributed by atoms with Gasteiger partial charge in [0.2, 0.25) is 0 Å². The van der Waals surface area contributed by atoms with Crippen molar-refractivity contribution in [3.05, 3.63) is 30.3 Å². The molecule has 0 aliphatic carbocycles. The Morgan fingerprint density at radius 3 is 2.60 bits per heavy atom. The molecule has 2 rings (SSSR count). The molecule has 1 aliphatic rings. The molecule has 0 aromatic heterocycles. The molecule has 0 atom stereocenters. The second-order valence-electron chi connectivity index (χ2n) is 4.59. The van der Waals surface area contributed by atoms with E-state index in [-0.39, 0.29) is 24.0 Å². The summed E-state index contributed by atoms with van der Waals surface area (Å²) in [5.41, 5.74) is 0. The van der Waals surface area contributed by atoms with E-state index in [1.54, 1.807) is 0 Å². The van der Waals surface area contributed by atoms with Crippen LogP contribution in [0.15, 0.2) is 35.3 Å². The summed E-state index contributed by atoms with van der Waals surface area (Å²) in [7, 11) is 0. The normalized spacial score (nSPS) is 14.8. The highest BCUT2D eigenvalue weighted by Crippen LogP contribution is 2.09. The number of guanidine groups is 1. The first-order chi connectivity index (χ1) is 9.40. The van der Waals surface area contributed by atoms with Gasteiger partial charge >= 0.3 is 0 Å². The summed E-state index contributed by atoms with van der Waals surface area (Å²) in [5, 5.41) is 3.34. The van der Waals surface area contributed by atoms with Crippen molar-refractivity contribution in [3.8, 4) is 5.75 Å². The molecule has 0 amide bonds. The molecule has 112 valence electrons. The SMILES string of the molecule is CCNC(=NCCOc1ccccc1)N1CCCC1.I. The number of para-hydroxylation sites is 1. The first-order valence-electron chi connectivity index (χ1n) is 7.11. The van der Waals surface area contributed by atoms with Gasteiger partial charge in [0.25, 0.3) is 0 Å². The summed E-state index contributed by atoms with van der Waals surface area (Å²) >= 11 is 0. The summed E-state index contributed by atoms with van der Waals surface area (Å²) in [6.07, 6.45) is 2.54. The third-order valence-corrected chi connectivity index (χ3v) is 3.11. The lowest BCUT2D eigenvalue weighted by atomic mass is 10.3. The first-order valence-corrected chi connectivity index (χ1v) is 7.11. The van der Waals surface area contributed by atoms with Crippen LogP contribution in [-0.2, 0) is 0 Å². The zero-order valence-corrected chi connectivity index (χ0v) is 14.4. The third-order valence-electron chi connectivity index (χ3n) is 3.11. The Labute approximate surface area is 138 Å². The van der Waals surface area contributed by atoms with Crippen LogP contribution in [0.25, 0.3) is 0 Å². The summed E-state index contributed by atoms with van der Waals surface area (Å²) < 4.78 is 5.64. The fourth-order valence-corrected chi connectivity index (χ4v) is 2.19. The van der Waals surface area contributed by atoms with Crippen molar-refractivity contribution in [2.24, 2.45) is 4.99 Å². The van der Waals surface area contributed by atoms with Crippen molar-refractivity contribution in [3.63, 3.8) is 0 Å². The molecule has 0 unspecified atom stereocenters. The highest BCUT2D eigenvalue weighted by molar-refractivity contribution is 14.0. The Bertz CT molecular complexity index is 391. The number of likely N-dealkylation sites (tertiary alicyclic amines) is 1. The second-order valence-corrected chi connectivity index (χ2v) is 4.59. The number of hydrogen-bond acceptors (Lipinski definition) is 2. The lowest BCUT2D eigenvalue weighted by Gasteiger charge is -2.20. The van der Waals surface area contributed by atoms with Gasteiger partial charge in [-0.05, 0) is 31.9 Å². The largest absolute Gasteiger partial charge is 0.492 e. The van der Waals surface area contributed by atoms with E-state index in [2.05, 4.69) is 22.1 Å². The van der Waals surface area contributed by atoms with E-state index in [4.69, 9.17) is 4.74 Å². The van der Waals surface area contributed by atoms with Crippen molar-refractivity contribution in [2.45, 2.75) is 19.8 Å². The number of nitrogens with zero attached hydrogens (tertiary/aromatic N) is 2. The van der Waals surface area contributed by atoms with Gasteiger partial charge in [-0.25, -0.2) is 4.99 Å². The summed E-state index contributed by atoms with van der Waals surface area (Å²) in [6.45, 7) is 6.55. The Balaban J connectivity index is 0.00000200. The average Bonchev–Trinajstić information content (AvgIpc) is 2.97. The van der Waals surface area contributed by atoms with Gasteiger partial charge in [-0.1, -0.05) is 18.2 Å². The molecule has 1 aliphatic heterocycles. The highest BCUT2D eigenvalue weighted by atomic mass is 127. The van der Waals surface area contributed by atoms with Crippen molar-refractivity contribution in [2.75, 3.05) is 32.8 Å². The molecule has 1 heterocycles. The van der Waals surface area contributed by atoms with Gasteiger partial charge in [-0.3, -0.25) is 0 Å². The van der Waals surface area contributed by atoms with Crippen LogP contribution < -0.4 is 10.1 Å². The molecule has 0 spiro atoms. The summed E-state index contributed by atoms with van der Waals surface area (Å²) in [6, 6.07) is 9.88. The van der Waals surface area contributed by atoms with E-state index in [0.29, 0.717) is 13.2 Å². The predicted octanol–water partition coefficient (Wildman–Crippen LogP) is 2.74. The van der Waals surface area contributed by atoms with E-state index >= 15 is 0 Å². The molecule has 1 fully saturated rings. The van der Waals surface area contributed by atoms with Crippen LogP contribution in [0.3, 0.4) is 0 Å². The lowest BCUT2D eigenvalue weighted by molar-refractivity contribution is 0.327. The van der Waals surface area contributed by atoms with Gasteiger partial charge in [-0.15, -0.1) is 24.0 Å². The zero-order valence-electron chi connectivity index (χ0n) is 12.0. The number of halogens is 1. The third kappa shape index (κ3) is 5.56. The van der Waals surface area contributed by atoms with E-state index in [1.807, 2.05) is 30.3 Å². The average molecular weight is 389 g/mol. The number of benzene rings is 1. The van der Waals surface area contributed by atoms with Crippen molar-refractivity contribution in [1.29, 1.82) is 0 Å². The van der Waals surface area contributed by atoms with Crippen LogP contribution in [0.1, 0.15) is 19.8 Å². The molecule has 0 bridgehead atoms. The topological polar surface area (TPSA) is 36.9 Å². The fraction of sp³-hybridized carbons (Fsp3) is 0.533. The van der Waals surface area contributed by atoms with Crippen LogP contribution in [0, 0.1) is 0 Å². The minimum absolute atomic E-state index is 0. The van der Waals surface area contributed by atoms with Crippen molar-refractivity contribution in [1.82, 2.24) is 10.2 Å². The second kappa shape index (κ2) is 9.85. The summed E-state index contributed by atoms with van der Waals surface area (Å²) in [5.74, 6) is 1.93. The van der Waals surface area contributed by atoms with Crippen LogP contribution >= 0.6 is 24.0 Å². The molecule has 5 heteroatoms. The lowest BCUT2D eigenvalue weighted by Crippen LogP contribution is -2.39. The molecule has 0 saturated carbocycles. The van der Waals surface area contributed by atoms with E-state index in [0.717, 1.165) is 31.3 Å². The molecule has 1 aromatic rings. The number of aliphatic imine (C=N–C) groups is 1. The van der Waals surface area contributed by atoms with Crippen molar-refractivity contribution < 1.29 is 4.74 Å². The predicted molar refractivity (Wildman–Crippen MR) is 94.1 cm³/mol. The standard InChI is InChI=1S/C15H23N3O.HI/c1-2-16-15(18-11-6-7-12-18)17-10-13-19-14-8-4-3-5-9-14;/h3-5,8-9H,2,6-7,10-13H2,1H3,(H,16,17);1H. The van der Waals surface area contributed by atoms with Gasteiger partial charge < -0.3 is 15.0 Å². The number of ether oxygens (including phenoxy) is 1. The minimum atomic E-state index is 0. The Morgan fingerprint density at radius 2 is 1.95 bits per heavy atom. The Hall–Kier alpha value is -0.980. The van der Waals surface area contributed by atoms with E-state index < -0.39 is 0 Å². The first kappa shape index (κ1) is 17.1. The highest BCUT2D eigenvalue weighted by Gasteiger charge is 2.14. The van der Waals surface area contributed by atoms with Gasteiger partial charge in [-0.2, -0.15) is 0 Å². The fourth-order valence-electron chi connectivity index (χ4n) is 2.19.